The number of benzene rings is 1. The number of unbranched alkanes of at least 4 members (excludes halogenated alkanes) is 1. The van der Waals surface area contributed by atoms with Crippen LogP contribution in [0, 0.1) is 12.7 Å². The Hall–Kier alpha value is -0.930. The SMILES string of the molecule is CCCCOCCC(O)c1ccc(C)c(F)c1. The van der Waals surface area contributed by atoms with Crippen LogP contribution >= 0.6 is 0 Å². The van der Waals surface area contributed by atoms with Crippen LogP contribution in [0.1, 0.15) is 43.4 Å². The molecule has 0 aliphatic heterocycles. The predicted molar refractivity (Wildman–Crippen MR) is 66.4 cm³/mol. The van der Waals surface area contributed by atoms with Crippen molar-refractivity contribution < 1.29 is 14.2 Å². The van der Waals surface area contributed by atoms with Crippen LogP contribution < -0.4 is 0 Å². The van der Waals surface area contributed by atoms with Crippen molar-refractivity contribution >= 4 is 0 Å². The van der Waals surface area contributed by atoms with Crippen molar-refractivity contribution in [2.24, 2.45) is 0 Å². The van der Waals surface area contributed by atoms with E-state index in [4.69, 9.17) is 4.74 Å². The third kappa shape index (κ3) is 4.84. The van der Waals surface area contributed by atoms with Crippen LogP contribution in [0.25, 0.3) is 0 Å². The third-order valence-corrected chi connectivity index (χ3v) is 2.76. The van der Waals surface area contributed by atoms with Crippen LogP contribution in [0.5, 0.6) is 0 Å². The van der Waals surface area contributed by atoms with Gasteiger partial charge >= 0.3 is 0 Å². The Labute approximate surface area is 102 Å². The molecular weight excluding hydrogens is 219 g/mol. The summed E-state index contributed by atoms with van der Waals surface area (Å²) in [5, 5.41) is 9.85. The Morgan fingerprint density at radius 2 is 2.12 bits per heavy atom. The molecule has 1 atom stereocenters. The molecule has 1 N–H and O–H groups in total. The molecule has 0 heterocycles. The number of aliphatic hydroxyl groups excluding tert-OH is 1. The highest BCUT2D eigenvalue weighted by Crippen LogP contribution is 2.19. The lowest BCUT2D eigenvalue weighted by molar-refractivity contribution is 0.0803. The van der Waals surface area contributed by atoms with Gasteiger partial charge in [-0.15, -0.1) is 0 Å². The van der Waals surface area contributed by atoms with Gasteiger partial charge in [-0.3, -0.25) is 0 Å². The van der Waals surface area contributed by atoms with Gasteiger partial charge in [0.15, 0.2) is 0 Å². The van der Waals surface area contributed by atoms with Crippen molar-refractivity contribution in [2.45, 2.75) is 39.2 Å². The van der Waals surface area contributed by atoms with Crippen molar-refractivity contribution in [3.8, 4) is 0 Å². The first-order valence-electron chi connectivity index (χ1n) is 6.17. The smallest absolute Gasteiger partial charge is 0.126 e. The zero-order valence-corrected chi connectivity index (χ0v) is 10.6. The molecule has 1 rings (SSSR count). The summed E-state index contributed by atoms with van der Waals surface area (Å²) in [6.45, 7) is 5.05. The molecule has 3 heteroatoms. The highest BCUT2D eigenvalue weighted by molar-refractivity contribution is 5.24. The van der Waals surface area contributed by atoms with E-state index in [-0.39, 0.29) is 5.82 Å². The lowest BCUT2D eigenvalue weighted by Crippen LogP contribution is -2.05. The van der Waals surface area contributed by atoms with E-state index in [9.17, 15) is 9.50 Å². The van der Waals surface area contributed by atoms with E-state index in [1.165, 1.54) is 6.07 Å². The molecule has 0 saturated heterocycles. The van der Waals surface area contributed by atoms with Gasteiger partial charge in [0.25, 0.3) is 0 Å². The molecule has 0 saturated carbocycles. The van der Waals surface area contributed by atoms with E-state index in [2.05, 4.69) is 6.92 Å². The maximum Gasteiger partial charge on any atom is 0.126 e. The van der Waals surface area contributed by atoms with Gasteiger partial charge in [-0.2, -0.15) is 0 Å². The van der Waals surface area contributed by atoms with Crippen LogP contribution in [-0.4, -0.2) is 18.3 Å². The van der Waals surface area contributed by atoms with Gasteiger partial charge in [0.1, 0.15) is 5.82 Å². The summed E-state index contributed by atoms with van der Waals surface area (Å²) in [5.41, 5.74) is 1.22. The maximum atomic E-state index is 13.3. The summed E-state index contributed by atoms with van der Waals surface area (Å²) in [7, 11) is 0. The Morgan fingerprint density at radius 3 is 2.76 bits per heavy atom. The fourth-order valence-corrected chi connectivity index (χ4v) is 1.53. The summed E-state index contributed by atoms with van der Waals surface area (Å²) in [6, 6.07) is 4.84. The van der Waals surface area contributed by atoms with Gasteiger partial charge in [-0.05, 0) is 30.5 Å². The quantitative estimate of drug-likeness (QED) is 0.740. The van der Waals surface area contributed by atoms with Crippen LogP contribution in [0.3, 0.4) is 0 Å². The van der Waals surface area contributed by atoms with Crippen molar-refractivity contribution in [1.82, 2.24) is 0 Å². The Kier molecular flexibility index (Phi) is 6.16. The third-order valence-electron chi connectivity index (χ3n) is 2.76. The lowest BCUT2D eigenvalue weighted by atomic mass is 10.0. The Morgan fingerprint density at radius 1 is 1.35 bits per heavy atom. The maximum absolute atomic E-state index is 13.3. The van der Waals surface area contributed by atoms with Gasteiger partial charge in [0.05, 0.1) is 6.10 Å². The summed E-state index contributed by atoms with van der Waals surface area (Å²) in [6.07, 6.45) is 2.00. The Bertz CT molecular complexity index is 339. The molecule has 1 unspecified atom stereocenters. The predicted octanol–water partition coefficient (Wildman–Crippen LogP) is 3.37. The molecule has 96 valence electrons. The molecule has 0 aromatic heterocycles. The van der Waals surface area contributed by atoms with Gasteiger partial charge in [0.2, 0.25) is 0 Å². The van der Waals surface area contributed by atoms with E-state index in [1.54, 1.807) is 19.1 Å². The average Bonchev–Trinajstić information content (AvgIpc) is 2.32. The number of halogens is 1. The van der Waals surface area contributed by atoms with E-state index in [1.807, 2.05) is 0 Å². The average molecular weight is 240 g/mol. The largest absolute Gasteiger partial charge is 0.388 e. The highest BCUT2D eigenvalue weighted by atomic mass is 19.1. The molecule has 0 bridgehead atoms. The van der Waals surface area contributed by atoms with Gasteiger partial charge in [-0.25, -0.2) is 4.39 Å². The van der Waals surface area contributed by atoms with Gasteiger partial charge in [-0.1, -0.05) is 25.5 Å². The molecule has 2 nitrogen and oxygen atoms in total. The highest BCUT2D eigenvalue weighted by Gasteiger charge is 2.09. The van der Waals surface area contributed by atoms with E-state index in [0.29, 0.717) is 24.2 Å². The number of ether oxygens (including phenoxy) is 1. The van der Waals surface area contributed by atoms with Gasteiger partial charge < -0.3 is 9.84 Å². The minimum absolute atomic E-state index is 0.270. The molecule has 0 aliphatic rings. The zero-order chi connectivity index (χ0) is 12.7. The number of hydrogen-bond donors (Lipinski definition) is 1. The molecule has 1 aromatic rings. The van der Waals surface area contributed by atoms with Crippen molar-refractivity contribution in [3.63, 3.8) is 0 Å². The lowest BCUT2D eigenvalue weighted by Gasteiger charge is -2.12. The monoisotopic (exact) mass is 240 g/mol. The molecule has 0 spiro atoms. The van der Waals surface area contributed by atoms with E-state index < -0.39 is 6.10 Å². The molecule has 0 fully saturated rings. The van der Waals surface area contributed by atoms with Crippen molar-refractivity contribution in [1.29, 1.82) is 0 Å². The molecule has 17 heavy (non-hydrogen) atoms. The number of aryl methyl sites for hydroxylation is 1. The van der Waals surface area contributed by atoms with Crippen LogP contribution in [0.2, 0.25) is 0 Å². The first-order valence-corrected chi connectivity index (χ1v) is 6.17. The van der Waals surface area contributed by atoms with Crippen molar-refractivity contribution in [2.75, 3.05) is 13.2 Å². The molecule has 1 aromatic carbocycles. The molecular formula is C14H21FO2. The summed E-state index contributed by atoms with van der Waals surface area (Å²) in [5.74, 6) is -0.270. The normalized spacial score (nSPS) is 12.7. The number of hydrogen-bond acceptors (Lipinski definition) is 2. The summed E-state index contributed by atoms with van der Waals surface area (Å²) in [4.78, 5) is 0. The fraction of sp³-hybridized carbons (Fsp3) is 0.571. The van der Waals surface area contributed by atoms with E-state index in [0.717, 1.165) is 19.4 Å². The minimum Gasteiger partial charge on any atom is -0.388 e. The zero-order valence-electron chi connectivity index (χ0n) is 10.6. The fourth-order valence-electron chi connectivity index (χ4n) is 1.53. The Balaban J connectivity index is 2.36. The second-order valence-corrected chi connectivity index (χ2v) is 4.28. The second-order valence-electron chi connectivity index (χ2n) is 4.28. The minimum atomic E-state index is -0.647. The second kappa shape index (κ2) is 7.41. The number of aliphatic hydroxyl groups is 1. The standard InChI is InChI=1S/C14H21FO2/c1-3-4-8-17-9-7-14(16)12-6-5-11(2)13(15)10-12/h5-6,10,14,16H,3-4,7-9H2,1-2H3. The van der Waals surface area contributed by atoms with Crippen molar-refractivity contribution in [3.05, 3.63) is 35.1 Å². The first-order chi connectivity index (χ1) is 8.15. The summed E-state index contributed by atoms with van der Waals surface area (Å²) >= 11 is 0. The van der Waals surface area contributed by atoms with Crippen LogP contribution in [0.15, 0.2) is 18.2 Å². The van der Waals surface area contributed by atoms with Crippen LogP contribution in [-0.2, 0) is 4.74 Å². The molecule has 0 amide bonds. The summed E-state index contributed by atoms with van der Waals surface area (Å²) < 4.78 is 18.7. The molecule has 0 radical (unpaired) electrons. The number of rotatable bonds is 7. The first kappa shape index (κ1) is 14.1. The van der Waals surface area contributed by atoms with Gasteiger partial charge in [0, 0.05) is 19.6 Å². The topological polar surface area (TPSA) is 29.5 Å². The van der Waals surface area contributed by atoms with E-state index >= 15 is 0 Å². The molecule has 0 aliphatic carbocycles. The van der Waals surface area contributed by atoms with Crippen LogP contribution in [0.4, 0.5) is 4.39 Å².